The molecule has 2 bridgehead atoms. The van der Waals surface area contributed by atoms with Crippen molar-refractivity contribution in [3.05, 3.63) is 70.1 Å². The zero-order valence-corrected chi connectivity index (χ0v) is 16.7. The predicted molar refractivity (Wildman–Crippen MR) is 110 cm³/mol. The van der Waals surface area contributed by atoms with Crippen molar-refractivity contribution in [2.75, 3.05) is 13.1 Å². The second kappa shape index (κ2) is 8.23. The van der Waals surface area contributed by atoms with Crippen LogP contribution in [0.2, 0.25) is 0 Å². The summed E-state index contributed by atoms with van der Waals surface area (Å²) < 4.78 is 1.86. The third-order valence-electron chi connectivity index (χ3n) is 6.08. The van der Waals surface area contributed by atoms with Crippen LogP contribution in [0.4, 0.5) is 0 Å². The maximum absolute atomic E-state index is 12.7. The van der Waals surface area contributed by atoms with Crippen LogP contribution >= 0.6 is 0 Å². The number of hydrogen-bond acceptors (Lipinski definition) is 3. The number of piperidine rings is 1. The van der Waals surface area contributed by atoms with Gasteiger partial charge in [0.2, 0.25) is 11.8 Å². The summed E-state index contributed by atoms with van der Waals surface area (Å²) in [5, 5.41) is 2.97. The lowest BCUT2D eigenvalue weighted by Gasteiger charge is -2.42. The van der Waals surface area contributed by atoms with Gasteiger partial charge in [0.05, 0.1) is 6.04 Å². The molecule has 2 aliphatic rings. The molecule has 3 heterocycles. The van der Waals surface area contributed by atoms with Crippen molar-refractivity contribution in [1.29, 1.82) is 0 Å². The third-order valence-corrected chi connectivity index (χ3v) is 6.08. The van der Waals surface area contributed by atoms with Crippen molar-refractivity contribution in [3.63, 3.8) is 0 Å². The Morgan fingerprint density at radius 3 is 2.62 bits per heavy atom. The molecule has 1 fully saturated rings. The molecule has 2 amide bonds. The normalized spacial score (nSPS) is 21.2. The van der Waals surface area contributed by atoms with Gasteiger partial charge in [0, 0.05) is 50.2 Å². The lowest BCUT2D eigenvalue weighted by molar-refractivity contribution is -0.136. The molecule has 2 aromatic rings. The molecule has 0 unspecified atom stereocenters. The van der Waals surface area contributed by atoms with Gasteiger partial charge in [-0.2, -0.15) is 0 Å². The van der Waals surface area contributed by atoms with Gasteiger partial charge in [0.25, 0.3) is 5.56 Å². The molecular formula is C23H27N3O3. The number of rotatable bonds is 5. The van der Waals surface area contributed by atoms with Crippen LogP contribution in [0.3, 0.4) is 0 Å². The molecule has 152 valence electrons. The average Bonchev–Trinajstić information content (AvgIpc) is 2.73. The van der Waals surface area contributed by atoms with E-state index in [1.807, 2.05) is 52.8 Å². The van der Waals surface area contributed by atoms with Gasteiger partial charge < -0.3 is 14.8 Å². The summed E-state index contributed by atoms with van der Waals surface area (Å²) in [7, 11) is 0. The molecule has 2 aliphatic heterocycles. The number of nitrogens with one attached hydrogen (secondary N) is 1. The van der Waals surface area contributed by atoms with E-state index in [1.54, 1.807) is 12.1 Å². The number of likely N-dealkylation sites (tertiary alicyclic amines) is 1. The standard InChI is InChI=1S/C23H27N3O3/c1-16(18-6-3-2-4-7-18)24-21(27)10-11-22(28)25-13-17-12-19(15-25)20-8-5-9-23(29)26(20)14-17/h2-9,16-17,19H,10-15H2,1H3,(H,24,27)/t16-,17+,19-/m0/s1. The van der Waals surface area contributed by atoms with Crippen LogP contribution in [0, 0.1) is 5.92 Å². The molecule has 1 saturated heterocycles. The number of carbonyl (C=O) groups is 2. The minimum absolute atomic E-state index is 0.0222. The van der Waals surface area contributed by atoms with E-state index in [1.165, 1.54) is 0 Å². The van der Waals surface area contributed by atoms with Gasteiger partial charge in [0.1, 0.15) is 0 Å². The molecule has 0 aliphatic carbocycles. The van der Waals surface area contributed by atoms with E-state index in [0.29, 0.717) is 25.6 Å². The van der Waals surface area contributed by atoms with E-state index >= 15 is 0 Å². The average molecular weight is 393 g/mol. The van der Waals surface area contributed by atoms with E-state index in [2.05, 4.69) is 5.32 Å². The zero-order chi connectivity index (χ0) is 20.4. The molecule has 1 aromatic carbocycles. The fourth-order valence-electron chi connectivity index (χ4n) is 4.62. The summed E-state index contributed by atoms with van der Waals surface area (Å²) in [6, 6.07) is 15.1. The largest absolute Gasteiger partial charge is 0.350 e. The number of benzene rings is 1. The molecule has 1 N–H and O–H groups in total. The Hall–Kier alpha value is -2.89. The molecule has 29 heavy (non-hydrogen) atoms. The van der Waals surface area contributed by atoms with Crippen LogP contribution < -0.4 is 10.9 Å². The first-order chi connectivity index (χ1) is 14.0. The lowest BCUT2D eigenvalue weighted by Crippen LogP contribution is -2.49. The molecule has 1 aromatic heterocycles. The second-order valence-corrected chi connectivity index (χ2v) is 8.20. The Morgan fingerprint density at radius 2 is 1.83 bits per heavy atom. The topological polar surface area (TPSA) is 71.4 Å². The Kier molecular flexibility index (Phi) is 5.51. The van der Waals surface area contributed by atoms with Gasteiger partial charge in [-0.15, -0.1) is 0 Å². The Balaban J connectivity index is 1.32. The molecule has 0 saturated carbocycles. The van der Waals surface area contributed by atoms with Gasteiger partial charge in [0.15, 0.2) is 0 Å². The molecule has 0 radical (unpaired) electrons. The van der Waals surface area contributed by atoms with Crippen molar-refractivity contribution in [2.45, 2.75) is 44.7 Å². The molecule has 3 atom stereocenters. The summed E-state index contributed by atoms with van der Waals surface area (Å²) in [4.78, 5) is 39.0. The maximum atomic E-state index is 12.7. The number of pyridine rings is 1. The van der Waals surface area contributed by atoms with Crippen molar-refractivity contribution >= 4 is 11.8 Å². The van der Waals surface area contributed by atoms with Crippen LogP contribution in [-0.2, 0) is 16.1 Å². The highest BCUT2D eigenvalue weighted by atomic mass is 16.2. The quantitative estimate of drug-likeness (QED) is 0.848. The summed E-state index contributed by atoms with van der Waals surface area (Å²) in [5.41, 5.74) is 2.12. The van der Waals surface area contributed by atoms with Crippen LogP contribution in [0.5, 0.6) is 0 Å². The molecular weight excluding hydrogens is 366 g/mol. The fourth-order valence-corrected chi connectivity index (χ4v) is 4.62. The number of hydrogen-bond donors (Lipinski definition) is 1. The van der Waals surface area contributed by atoms with E-state index < -0.39 is 0 Å². The van der Waals surface area contributed by atoms with E-state index in [4.69, 9.17) is 0 Å². The van der Waals surface area contributed by atoms with Crippen LogP contribution in [0.1, 0.15) is 49.4 Å². The summed E-state index contributed by atoms with van der Waals surface area (Å²) in [5.74, 6) is 0.419. The number of fused-ring (bicyclic) bond motifs is 4. The Bertz CT molecular complexity index is 953. The van der Waals surface area contributed by atoms with Gasteiger partial charge in [-0.25, -0.2) is 0 Å². The van der Waals surface area contributed by atoms with Crippen molar-refractivity contribution in [1.82, 2.24) is 14.8 Å². The molecule has 6 heteroatoms. The molecule has 6 nitrogen and oxygen atoms in total. The molecule has 4 rings (SSSR count). The van der Waals surface area contributed by atoms with Gasteiger partial charge in [-0.1, -0.05) is 36.4 Å². The van der Waals surface area contributed by atoms with Crippen LogP contribution in [0.25, 0.3) is 0 Å². The van der Waals surface area contributed by atoms with Crippen molar-refractivity contribution < 1.29 is 9.59 Å². The van der Waals surface area contributed by atoms with E-state index in [0.717, 1.165) is 17.7 Å². The third kappa shape index (κ3) is 4.26. The highest BCUT2D eigenvalue weighted by molar-refractivity contribution is 5.84. The summed E-state index contributed by atoms with van der Waals surface area (Å²) in [6.07, 6.45) is 1.43. The first kappa shape index (κ1) is 19.4. The van der Waals surface area contributed by atoms with E-state index in [9.17, 15) is 14.4 Å². The first-order valence-electron chi connectivity index (χ1n) is 10.3. The van der Waals surface area contributed by atoms with E-state index in [-0.39, 0.29) is 42.2 Å². The van der Waals surface area contributed by atoms with Gasteiger partial charge >= 0.3 is 0 Å². The number of amides is 2. The van der Waals surface area contributed by atoms with Gasteiger partial charge in [-0.05, 0) is 30.9 Å². The monoisotopic (exact) mass is 393 g/mol. The van der Waals surface area contributed by atoms with Gasteiger partial charge in [-0.3, -0.25) is 14.4 Å². The first-order valence-corrected chi connectivity index (χ1v) is 10.3. The lowest BCUT2D eigenvalue weighted by atomic mass is 9.83. The highest BCUT2D eigenvalue weighted by Gasteiger charge is 2.36. The minimum Gasteiger partial charge on any atom is -0.350 e. The highest BCUT2D eigenvalue weighted by Crippen LogP contribution is 2.35. The van der Waals surface area contributed by atoms with Crippen molar-refractivity contribution in [3.8, 4) is 0 Å². The van der Waals surface area contributed by atoms with Crippen LogP contribution in [0.15, 0.2) is 53.3 Å². The Morgan fingerprint density at radius 1 is 1.03 bits per heavy atom. The number of aromatic nitrogens is 1. The molecule has 0 spiro atoms. The Labute approximate surface area is 170 Å². The smallest absolute Gasteiger partial charge is 0.250 e. The maximum Gasteiger partial charge on any atom is 0.250 e. The minimum atomic E-state index is -0.108. The second-order valence-electron chi connectivity index (χ2n) is 8.20. The SMILES string of the molecule is C[C@H](NC(=O)CCC(=O)N1C[C@H]2C[C@@H](C1)c1cccc(=O)n1C2)c1ccccc1. The summed E-state index contributed by atoms with van der Waals surface area (Å²) in [6.45, 7) is 3.91. The number of carbonyl (C=O) groups excluding carboxylic acids is 2. The number of nitrogens with zero attached hydrogens (tertiary/aromatic N) is 2. The summed E-state index contributed by atoms with van der Waals surface area (Å²) >= 11 is 0. The van der Waals surface area contributed by atoms with Crippen molar-refractivity contribution in [2.24, 2.45) is 5.92 Å². The van der Waals surface area contributed by atoms with Crippen LogP contribution in [-0.4, -0.2) is 34.4 Å². The predicted octanol–water partition coefficient (Wildman–Crippen LogP) is 2.45. The fraction of sp³-hybridized carbons (Fsp3) is 0.435. The zero-order valence-electron chi connectivity index (χ0n) is 16.7.